The highest BCUT2D eigenvalue weighted by molar-refractivity contribution is 5.87. The average molecular weight is 550 g/mol. The normalized spacial score (nSPS) is 35.6. The fourth-order valence-electron chi connectivity index (χ4n) is 5.10. The number of aliphatic hydroxyl groups is 1. The molecule has 9 atom stereocenters. The minimum absolute atomic E-state index is 0.0000540. The second-order valence-corrected chi connectivity index (χ2v) is 10.9. The first-order chi connectivity index (χ1) is 18.4. The molecule has 5 N–H and O–H groups in total. The number of carbonyl (C=O) groups excluding carboxylic acids is 3. The standard InChI is InChI=1S/C28H43N3O8/c1-16(7-10-24-26(34)28(15-36-28)13-21(39-24)14-30-27(29)35)6-9-23-17(2)12-22(19(4)38-23)31-25(33)11-8-18(3)37-20(5)32/h6-8,10-11,17-19,21-24,26,34H,9,12-15H2,1-5H3,(H,31,33)(H3,29,30,35)/t17-,18-,19+,21-,22+,23-,24+,26+,28+/m0/s1. The Morgan fingerprint density at radius 1 is 1.21 bits per heavy atom. The van der Waals surface area contributed by atoms with E-state index in [0.717, 1.165) is 12.0 Å². The number of epoxide rings is 1. The van der Waals surface area contributed by atoms with Crippen molar-refractivity contribution in [2.24, 2.45) is 11.7 Å². The molecule has 3 aliphatic heterocycles. The average Bonchev–Trinajstić information content (AvgIpc) is 3.63. The number of nitrogens with two attached hydrogens (primary N) is 1. The lowest BCUT2D eigenvalue weighted by atomic mass is 9.87. The predicted octanol–water partition coefficient (Wildman–Crippen LogP) is 1.64. The van der Waals surface area contributed by atoms with Crippen LogP contribution in [0, 0.1) is 5.92 Å². The van der Waals surface area contributed by atoms with Crippen LogP contribution in [0.4, 0.5) is 4.79 Å². The van der Waals surface area contributed by atoms with E-state index in [1.54, 1.807) is 13.0 Å². The van der Waals surface area contributed by atoms with E-state index in [2.05, 4.69) is 23.6 Å². The Balaban J connectivity index is 1.49. The number of urea groups is 1. The molecule has 218 valence electrons. The molecule has 39 heavy (non-hydrogen) atoms. The summed E-state index contributed by atoms with van der Waals surface area (Å²) in [5.41, 5.74) is 5.55. The van der Waals surface area contributed by atoms with Gasteiger partial charge in [-0.15, -0.1) is 0 Å². The third-order valence-corrected chi connectivity index (χ3v) is 7.43. The van der Waals surface area contributed by atoms with E-state index in [9.17, 15) is 19.5 Å². The van der Waals surface area contributed by atoms with Crippen LogP contribution in [-0.2, 0) is 28.5 Å². The molecular weight excluding hydrogens is 506 g/mol. The number of aliphatic hydroxyl groups excluding tert-OH is 1. The molecule has 0 aromatic heterocycles. The molecule has 0 aliphatic carbocycles. The molecule has 3 saturated heterocycles. The molecule has 0 radical (unpaired) electrons. The summed E-state index contributed by atoms with van der Waals surface area (Å²) in [4.78, 5) is 34.4. The summed E-state index contributed by atoms with van der Waals surface area (Å²) in [7, 11) is 0. The molecule has 3 amide bonds. The molecule has 0 aromatic carbocycles. The van der Waals surface area contributed by atoms with Crippen LogP contribution in [0.15, 0.2) is 36.0 Å². The monoisotopic (exact) mass is 549 g/mol. The van der Waals surface area contributed by atoms with E-state index < -0.39 is 35.9 Å². The third-order valence-electron chi connectivity index (χ3n) is 7.43. The second kappa shape index (κ2) is 13.6. The Morgan fingerprint density at radius 2 is 1.92 bits per heavy atom. The van der Waals surface area contributed by atoms with Gasteiger partial charge in [-0.2, -0.15) is 0 Å². The van der Waals surface area contributed by atoms with Gasteiger partial charge in [0.25, 0.3) is 0 Å². The lowest BCUT2D eigenvalue weighted by molar-refractivity contribution is -0.143. The fourth-order valence-corrected chi connectivity index (χ4v) is 5.10. The van der Waals surface area contributed by atoms with Crippen molar-refractivity contribution in [3.8, 4) is 0 Å². The van der Waals surface area contributed by atoms with Gasteiger partial charge in [-0.1, -0.05) is 30.7 Å². The van der Waals surface area contributed by atoms with Crippen molar-refractivity contribution in [2.45, 2.75) is 102 Å². The quantitative estimate of drug-likeness (QED) is 0.138. The molecule has 3 fully saturated rings. The molecule has 0 unspecified atom stereocenters. The molecule has 0 bridgehead atoms. The minimum Gasteiger partial charge on any atom is -0.459 e. The maximum atomic E-state index is 12.3. The van der Waals surface area contributed by atoms with Crippen molar-refractivity contribution in [1.82, 2.24) is 10.6 Å². The minimum atomic E-state index is -0.791. The Kier molecular flexibility index (Phi) is 10.7. The Morgan fingerprint density at radius 3 is 2.56 bits per heavy atom. The van der Waals surface area contributed by atoms with E-state index in [0.29, 0.717) is 19.4 Å². The third kappa shape index (κ3) is 9.16. The van der Waals surface area contributed by atoms with Gasteiger partial charge in [0, 0.05) is 26.0 Å². The molecule has 0 saturated carbocycles. The van der Waals surface area contributed by atoms with E-state index in [4.69, 9.17) is 24.7 Å². The highest BCUT2D eigenvalue weighted by Gasteiger charge is 2.58. The zero-order valence-electron chi connectivity index (χ0n) is 23.4. The van der Waals surface area contributed by atoms with Crippen LogP contribution in [0.3, 0.4) is 0 Å². The van der Waals surface area contributed by atoms with Crippen molar-refractivity contribution in [2.75, 3.05) is 13.2 Å². The molecule has 3 aliphatic rings. The van der Waals surface area contributed by atoms with Crippen LogP contribution in [-0.4, -0.2) is 84.4 Å². The van der Waals surface area contributed by atoms with Gasteiger partial charge >= 0.3 is 12.0 Å². The molecule has 1 spiro atoms. The number of hydrogen-bond acceptors (Lipinski definition) is 8. The van der Waals surface area contributed by atoms with Gasteiger partial charge in [-0.3, -0.25) is 9.59 Å². The van der Waals surface area contributed by atoms with E-state index in [1.165, 1.54) is 13.0 Å². The van der Waals surface area contributed by atoms with Gasteiger partial charge in [0.05, 0.1) is 31.0 Å². The van der Waals surface area contributed by atoms with Gasteiger partial charge in [0.15, 0.2) is 0 Å². The van der Waals surface area contributed by atoms with E-state index in [1.807, 2.05) is 26.0 Å². The smallest absolute Gasteiger partial charge is 0.312 e. The molecule has 0 aromatic rings. The highest BCUT2D eigenvalue weighted by atomic mass is 16.6. The van der Waals surface area contributed by atoms with Crippen molar-refractivity contribution in [3.05, 3.63) is 36.0 Å². The van der Waals surface area contributed by atoms with Gasteiger partial charge < -0.3 is 40.4 Å². The Labute approximate surface area is 230 Å². The van der Waals surface area contributed by atoms with Crippen molar-refractivity contribution in [3.63, 3.8) is 0 Å². The number of hydrogen-bond donors (Lipinski definition) is 4. The van der Waals surface area contributed by atoms with Gasteiger partial charge in [-0.05, 0) is 45.6 Å². The summed E-state index contributed by atoms with van der Waals surface area (Å²) in [6, 6.07) is -0.743. The number of ether oxygens (including phenoxy) is 4. The van der Waals surface area contributed by atoms with Crippen LogP contribution < -0.4 is 16.4 Å². The predicted molar refractivity (Wildman–Crippen MR) is 143 cm³/mol. The van der Waals surface area contributed by atoms with Crippen molar-refractivity contribution in [1.29, 1.82) is 0 Å². The fraction of sp³-hybridized carbons (Fsp3) is 0.679. The van der Waals surface area contributed by atoms with Crippen LogP contribution in [0.5, 0.6) is 0 Å². The SMILES string of the molecule is CC(=O)O[C@@H](C)C=CC(=O)N[C@@H]1C[C@H](C)[C@H](CC=C(C)C=C[C@H]2O[C@H](CNC(N)=O)C[C@@]3(CO3)[C@@H]2O)O[C@@H]1C. The van der Waals surface area contributed by atoms with Crippen LogP contribution in [0.2, 0.25) is 0 Å². The number of esters is 1. The zero-order valence-corrected chi connectivity index (χ0v) is 23.4. The first kappa shape index (κ1) is 30.8. The summed E-state index contributed by atoms with van der Waals surface area (Å²) < 4.78 is 22.8. The number of allylic oxidation sites excluding steroid dienone is 2. The van der Waals surface area contributed by atoms with Gasteiger partial charge in [0.1, 0.15) is 23.9 Å². The summed E-state index contributed by atoms with van der Waals surface area (Å²) in [5.74, 6) is -0.428. The van der Waals surface area contributed by atoms with Gasteiger partial charge in [0.2, 0.25) is 5.91 Å². The highest BCUT2D eigenvalue weighted by Crippen LogP contribution is 2.42. The Bertz CT molecular complexity index is 976. The van der Waals surface area contributed by atoms with Crippen LogP contribution in [0.1, 0.15) is 53.9 Å². The summed E-state index contributed by atoms with van der Waals surface area (Å²) in [6.07, 6.45) is 8.44. The summed E-state index contributed by atoms with van der Waals surface area (Å²) >= 11 is 0. The lowest BCUT2D eigenvalue weighted by Crippen LogP contribution is -2.53. The van der Waals surface area contributed by atoms with Crippen LogP contribution in [0.25, 0.3) is 0 Å². The number of nitrogens with one attached hydrogen (secondary N) is 2. The lowest BCUT2D eigenvalue weighted by Gasteiger charge is -2.39. The zero-order chi connectivity index (χ0) is 28.7. The van der Waals surface area contributed by atoms with Crippen LogP contribution >= 0.6 is 0 Å². The van der Waals surface area contributed by atoms with E-state index in [-0.39, 0.29) is 42.7 Å². The maximum absolute atomic E-state index is 12.3. The Hall–Kier alpha value is -2.73. The summed E-state index contributed by atoms with van der Waals surface area (Å²) in [5, 5.41) is 16.3. The molecular formula is C28H43N3O8. The van der Waals surface area contributed by atoms with Crippen molar-refractivity contribution >= 4 is 17.9 Å². The molecule has 3 heterocycles. The number of amides is 3. The first-order valence-electron chi connectivity index (χ1n) is 13.6. The molecule has 11 nitrogen and oxygen atoms in total. The second-order valence-electron chi connectivity index (χ2n) is 10.9. The number of rotatable bonds is 10. The topological polar surface area (TPSA) is 162 Å². The van der Waals surface area contributed by atoms with Gasteiger partial charge in [-0.25, -0.2) is 4.79 Å². The number of primary amides is 1. The maximum Gasteiger partial charge on any atom is 0.312 e. The largest absolute Gasteiger partial charge is 0.459 e. The summed E-state index contributed by atoms with van der Waals surface area (Å²) in [6.45, 7) is 9.77. The molecule has 3 rings (SSSR count). The molecule has 11 heteroatoms. The van der Waals surface area contributed by atoms with Crippen molar-refractivity contribution < 1.29 is 38.4 Å². The number of carbonyl (C=O) groups is 3. The first-order valence-corrected chi connectivity index (χ1v) is 13.6. The van der Waals surface area contributed by atoms with E-state index >= 15 is 0 Å².